The molecule has 1 aromatic heterocycles. The van der Waals surface area contributed by atoms with Crippen LogP contribution in [0.5, 0.6) is 17.2 Å². The summed E-state index contributed by atoms with van der Waals surface area (Å²) >= 11 is 0. The summed E-state index contributed by atoms with van der Waals surface area (Å²) in [7, 11) is 6.54. The summed E-state index contributed by atoms with van der Waals surface area (Å²) in [6.07, 6.45) is -1.98. The highest BCUT2D eigenvalue weighted by molar-refractivity contribution is 6.19. The first-order valence-corrected chi connectivity index (χ1v) is 12.2. The summed E-state index contributed by atoms with van der Waals surface area (Å²) in [6.45, 7) is 5.52. The Balaban J connectivity index is 1.94. The molecule has 1 fully saturated rings. The third-order valence-corrected chi connectivity index (χ3v) is 7.45. The third kappa shape index (κ3) is 3.82. The monoisotopic (exact) mass is 521 g/mol. The Morgan fingerprint density at radius 3 is 2.29 bits per heavy atom. The maximum absolute atomic E-state index is 13.3. The molecule has 5 rings (SSSR count). The predicted octanol–water partition coefficient (Wildman–Crippen LogP) is 3.58. The molecule has 0 bridgehead atoms. The van der Waals surface area contributed by atoms with E-state index in [0.717, 1.165) is 0 Å². The topological polar surface area (TPSA) is 122 Å². The zero-order chi connectivity index (χ0) is 27.5. The van der Waals surface area contributed by atoms with Gasteiger partial charge in [-0.25, -0.2) is 4.79 Å². The second-order valence-corrected chi connectivity index (χ2v) is 9.82. The average Bonchev–Trinajstić information content (AvgIpc) is 2.90. The van der Waals surface area contributed by atoms with Gasteiger partial charge in [0, 0.05) is 16.2 Å². The summed E-state index contributed by atoms with van der Waals surface area (Å²) in [5.74, 6) is 0.679. The van der Waals surface area contributed by atoms with E-state index in [4.69, 9.17) is 18.6 Å². The Hall–Kier alpha value is -3.63. The number of nitrogens with zero attached hydrogens (tertiary/aromatic N) is 1. The predicted molar refractivity (Wildman–Crippen MR) is 145 cm³/mol. The van der Waals surface area contributed by atoms with Crippen molar-refractivity contribution in [1.82, 2.24) is 4.90 Å². The van der Waals surface area contributed by atoms with Crippen LogP contribution in [0.15, 0.2) is 46.1 Å². The second-order valence-electron chi connectivity index (χ2n) is 9.82. The fourth-order valence-corrected chi connectivity index (χ4v) is 5.62. The highest BCUT2D eigenvalue weighted by Crippen LogP contribution is 2.47. The molecule has 1 aliphatic heterocycles. The van der Waals surface area contributed by atoms with Gasteiger partial charge in [0.05, 0.1) is 43.2 Å². The van der Waals surface area contributed by atoms with Gasteiger partial charge in [-0.1, -0.05) is 18.7 Å². The van der Waals surface area contributed by atoms with Gasteiger partial charge in [-0.05, 0) is 56.4 Å². The van der Waals surface area contributed by atoms with Gasteiger partial charge < -0.3 is 38.8 Å². The van der Waals surface area contributed by atoms with Gasteiger partial charge in [0.1, 0.15) is 35.0 Å². The molecule has 1 aliphatic rings. The highest BCUT2D eigenvalue weighted by Gasteiger charge is 2.45. The number of benzene rings is 3. The molecule has 38 heavy (non-hydrogen) atoms. The van der Waals surface area contributed by atoms with Crippen LogP contribution in [0.3, 0.4) is 0 Å². The number of aliphatic hydroxyl groups is 2. The minimum Gasteiger partial charge on any atom is -0.507 e. The minimum absolute atomic E-state index is 0.0956. The number of rotatable bonds is 5. The molecule has 1 saturated heterocycles. The van der Waals surface area contributed by atoms with Gasteiger partial charge in [0.2, 0.25) is 0 Å². The van der Waals surface area contributed by atoms with Crippen LogP contribution < -0.4 is 15.1 Å². The van der Waals surface area contributed by atoms with Gasteiger partial charge in [0.15, 0.2) is 0 Å². The van der Waals surface area contributed by atoms with Crippen molar-refractivity contribution in [2.24, 2.45) is 0 Å². The van der Waals surface area contributed by atoms with Crippen molar-refractivity contribution in [3.05, 3.63) is 58.5 Å². The highest BCUT2D eigenvalue weighted by atomic mass is 16.5. The molecule has 0 unspecified atom stereocenters. The van der Waals surface area contributed by atoms with Gasteiger partial charge in [-0.2, -0.15) is 0 Å². The first-order valence-electron chi connectivity index (χ1n) is 12.2. The van der Waals surface area contributed by atoms with Gasteiger partial charge >= 0.3 is 5.63 Å². The molecule has 0 radical (unpaired) electrons. The lowest BCUT2D eigenvalue weighted by molar-refractivity contribution is -0.197. The van der Waals surface area contributed by atoms with Crippen molar-refractivity contribution in [2.75, 3.05) is 28.3 Å². The number of hydrogen-bond donors (Lipinski definition) is 3. The van der Waals surface area contributed by atoms with E-state index in [1.165, 1.54) is 20.3 Å². The molecular weight excluding hydrogens is 490 g/mol. The number of phenols is 1. The van der Waals surface area contributed by atoms with Crippen LogP contribution in [0.4, 0.5) is 0 Å². The number of ether oxygens (including phenoxy) is 3. The lowest BCUT2D eigenvalue weighted by Crippen LogP contribution is -2.58. The normalized spacial score (nSPS) is 23.8. The average molecular weight is 522 g/mol. The molecule has 0 aliphatic carbocycles. The molecule has 2 heterocycles. The van der Waals surface area contributed by atoms with Gasteiger partial charge in [-0.15, -0.1) is 0 Å². The summed E-state index contributed by atoms with van der Waals surface area (Å²) < 4.78 is 23.4. The van der Waals surface area contributed by atoms with E-state index < -0.39 is 36.1 Å². The molecule has 0 spiro atoms. The van der Waals surface area contributed by atoms with Crippen molar-refractivity contribution in [3.8, 4) is 17.2 Å². The second kappa shape index (κ2) is 9.59. The SMILES string of the molecule is C=Cc1cc(OC)c2c(c1)c(=O)oc1c2cc(OC)c2c(O)ccc([C@H]3O[C@@H](C)[C@@H](O)[C@@H](N(C)C)[C@@H]3O)c21. The van der Waals surface area contributed by atoms with Crippen LogP contribution in [-0.4, -0.2) is 72.9 Å². The molecule has 5 atom stereocenters. The van der Waals surface area contributed by atoms with Crippen LogP contribution >= 0.6 is 0 Å². The van der Waals surface area contributed by atoms with Crippen LogP contribution in [-0.2, 0) is 4.74 Å². The molecule has 3 N–H and O–H groups in total. The van der Waals surface area contributed by atoms with Crippen LogP contribution in [0.1, 0.15) is 24.2 Å². The van der Waals surface area contributed by atoms with Crippen LogP contribution in [0.25, 0.3) is 38.6 Å². The van der Waals surface area contributed by atoms with E-state index in [1.807, 2.05) is 0 Å². The lowest BCUT2D eigenvalue weighted by atomic mass is 9.86. The van der Waals surface area contributed by atoms with E-state index in [0.29, 0.717) is 49.6 Å². The Kier molecular flexibility index (Phi) is 6.56. The number of aromatic hydroxyl groups is 1. The summed E-state index contributed by atoms with van der Waals surface area (Å²) in [6, 6.07) is 7.62. The first kappa shape index (κ1) is 26.0. The molecule has 3 aromatic carbocycles. The number of methoxy groups -OCH3 is 2. The Morgan fingerprint density at radius 2 is 1.66 bits per heavy atom. The minimum atomic E-state index is -1.14. The smallest absolute Gasteiger partial charge is 0.344 e. The van der Waals surface area contributed by atoms with Crippen molar-refractivity contribution < 1.29 is 33.9 Å². The molecule has 9 nitrogen and oxygen atoms in total. The Morgan fingerprint density at radius 1 is 0.974 bits per heavy atom. The van der Waals surface area contributed by atoms with E-state index in [2.05, 4.69) is 6.58 Å². The standard InChI is InChI=1S/C29H31NO8/c1-7-14-10-17-21(19(11-14)35-5)16-12-20(36-6)23-18(31)9-8-15(22(23)27(16)38-29(17)34)28-26(33)24(30(3)4)25(32)13(2)37-28/h7-13,24-26,28,31-33H,1H2,2-6H3/t13-,24+,25+,26-,28+/m0/s1. The molecule has 9 heteroatoms. The zero-order valence-corrected chi connectivity index (χ0v) is 21.9. The van der Waals surface area contributed by atoms with E-state index >= 15 is 0 Å². The number of fused-ring (bicyclic) bond motifs is 5. The number of phenolic OH excluding ortho intramolecular Hbond substituents is 1. The fourth-order valence-electron chi connectivity index (χ4n) is 5.62. The molecule has 0 saturated carbocycles. The van der Waals surface area contributed by atoms with E-state index in [1.54, 1.807) is 56.3 Å². The number of hydrogen-bond acceptors (Lipinski definition) is 9. The summed E-state index contributed by atoms with van der Waals surface area (Å²) in [4.78, 5) is 15.1. The molecule has 200 valence electrons. The Labute approximate surface area is 219 Å². The number of aliphatic hydroxyl groups excluding tert-OH is 2. The van der Waals surface area contributed by atoms with E-state index in [9.17, 15) is 20.1 Å². The maximum atomic E-state index is 13.3. The van der Waals surface area contributed by atoms with Crippen LogP contribution in [0.2, 0.25) is 0 Å². The first-order chi connectivity index (χ1) is 18.1. The van der Waals surface area contributed by atoms with Crippen molar-refractivity contribution in [2.45, 2.75) is 37.4 Å². The lowest BCUT2D eigenvalue weighted by Gasteiger charge is -2.45. The third-order valence-electron chi connectivity index (χ3n) is 7.45. The summed E-state index contributed by atoms with van der Waals surface area (Å²) in [5.41, 5.74) is 0.747. The van der Waals surface area contributed by atoms with Crippen molar-refractivity contribution in [1.29, 1.82) is 0 Å². The van der Waals surface area contributed by atoms with Gasteiger partial charge in [-0.3, -0.25) is 0 Å². The zero-order valence-electron chi connectivity index (χ0n) is 21.9. The van der Waals surface area contributed by atoms with Crippen LogP contribution in [0, 0.1) is 0 Å². The largest absolute Gasteiger partial charge is 0.507 e. The van der Waals surface area contributed by atoms with E-state index in [-0.39, 0.29) is 11.3 Å². The summed E-state index contributed by atoms with van der Waals surface area (Å²) in [5, 5.41) is 35.1. The Bertz CT molecular complexity index is 1630. The van der Waals surface area contributed by atoms with Crippen molar-refractivity contribution >= 4 is 38.6 Å². The number of likely N-dealkylation sites (N-methyl/N-ethyl adjacent to an activating group) is 1. The maximum Gasteiger partial charge on any atom is 0.344 e. The molecule has 0 amide bonds. The fraction of sp³-hybridized carbons (Fsp3) is 0.345. The molecule has 4 aromatic rings. The molecular formula is C29H31NO8. The quantitative estimate of drug-likeness (QED) is 0.267. The van der Waals surface area contributed by atoms with Crippen molar-refractivity contribution in [3.63, 3.8) is 0 Å². The van der Waals surface area contributed by atoms with Gasteiger partial charge in [0.25, 0.3) is 0 Å².